The molecule has 9 aromatic carbocycles. The van der Waals surface area contributed by atoms with Crippen LogP contribution in [0.5, 0.6) is 0 Å². The Morgan fingerprint density at radius 2 is 0.350 bits per heavy atom. The van der Waals surface area contributed by atoms with Crippen LogP contribution in [0.1, 0.15) is 0 Å². The summed E-state index contributed by atoms with van der Waals surface area (Å²) < 4.78 is 0. The molecule has 0 heterocycles. The van der Waals surface area contributed by atoms with Crippen molar-refractivity contribution >= 4 is 75.4 Å². The first-order valence-corrected chi connectivity index (χ1v) is 13.9. The molecule has 0 nitrogen and oxygen atoms in total. The lowest BCUT2D eigenvalue weighted by molar-refractivity contribution is 1.77. The molecule has 186 valence electrons. The maximum Gasteiger partial charge on any atom is -0.00990 e. The van der Waals surface area contributed by atoms with Crippen molar-refractivity contribution < 1.29 is 0 Å². The highest BCUT2D eigenvalue weighted by molar-refractivity contribution is 6.25. The van der Waals surface area contributed by atoms with E-state index in [0.29, 0.717) is 0 Å². The van der Waals surface area contributed by atoms with Crippen molar-refractivity contribution in [2.24, 2.45) is 0 Å². The van der Waals surface area contributed by atoms with Crippen molar-refractivity contribution in [1.82, 2.24) is 0 Å². The molecule has 0 saturated heterocycles. The molecular formula is C40H26. The molecule has 0 aliphatic heterocycles. The third kappa shape index (κ3) is 3.77. The van der Waals surface area contributed by atoms with Gasteiger partial charge in [-0.3, -0.25) is 0 Å². The van der Waals surface area contributed by atoms with E-state index in [1.54, 1.807) is 0 Å². The molecule has 0 N–H and O–H groups in total. The number of hydrogen-bond acceptors (Lipinski definition) is 0. The SMILES string of the molecule is c1ccc2c(c1)c1ccccc1c1ccccc21.c1ccc2cc3cc4cc5ccccc5cc4cc3cc2c1. The Bertz CT molecular complexity index is 1970. The van der Waals surface area contributed by atoms with Crippen LogP contribution in [-0.4, -0.2) is 0 Å². The van der Waals surface area contributed by atoms with Gasteiger partial charge in [0.05, 0.1) is 0 Å². The quantitative estimate of drug-likeness (QED) is 0.142. The Labute approximate surface area is 232 Å². The van der Waals surface area contributed by atoms with Gasteiger partial charge in [-0.1, -0.05) is 121 Å². The summed E-state index contributed by atoms with van der Waals surface area (Å²) >= 11 is 0. The highest BCUT2D eigenvalue weighted by Crippen LogP contribution is 2.34. The summed E-state index contributed by atoms with van der Waals surface area (Å²) in [7, 11) is 0. The van der Waals surface area contributed by atoms with Crippen molar-refractivity contribution in [2.45, 2.75) is 0 Å². The molecule has 0 spiro atoms. The average Bonchev–Trinajstić information content (AvgIpc) is 3.02. The Kier molecular flexibility index (Phi) is 5.24. The van der Waals surface area contributed by atoms with Gasteiger partial charge in [0.1, 0.15) is 0 Å². The first-order chi connectivity index (χ1) is 19.8. The van der Waals surface area contributed by atoms with Gasteiger partial charge in [0.25, 0.3) is 0 Å². The molecule has 9 aromatic rings. The highest BCUT2D eigenvalue weighted by atomic mass is 14.1. The maximum atomic E-state index is 2.31. The van der Waals surface area contributed by atoms with Crippen molar-refractivity contribution in [3.05, 3.63) is 158 Å². The lowest BCUT2D eigenvalue weighted by atomic mass is 9.95. The molecule has 0 radical (unpaired) electrons. The summed E-state index contributed by atoms with van der Waals surface area (Å²) in [6.45, 7) is 0. The average molecular weight is 507 g/mol. The van der Waals surface area contributed by atoms with Crippen LogP contribution < -0.4 is 0 Å². The first kappa shape index (κ1) is 22.8. The predicted molar refractivity (Wildman–Crippen MR) is 175 cm³/mol. The lowest BCUT2D eigenvalue weighted by Crippen LogP contribution is -1.81. The van der Waals surface area contributed by atoms with Crippen LogP contribution in [0.15, 0.2) is 158 Å². The summed E-state index contributed by atoms with van der Waals surface area (Å²) in [4.78, 5) is 0. The summed E-state index contributed by atoms with van der Waals surface area (Å²) in [5.74, 6) is 0. The molecule has 0 saturated carbocycles. The number of fused-ring (bicyclic) bond motifs is 10. The molecule has 9 rings (SSSR count). The number of benzene rings is 9. The lowest BCUT2D eigenvalue weighted by Gasteiger charge is -2.09. The zero-order valence-electron chi connectivity index (χ0n) is 22.0. The third-order valence-corrected chi connectivity index (χ3v) is 8.18. The zero-order chi connectivity index (χ0) is 26.5. The minimum absolute atomic E-state index is 1.30. The number of rotatable bonds is 0. The fraction of sp³-hybridized carbons (Fsp3) is 0. The van der Waals surface area contributed by atoms with Crippen molar-refractivity contribution in [3.8, 4) is 0 Å². The second-order valence-electron chi connectivity index (χ2n) is 10.6. The summed E-state index contributed by atoms with van der Waals surface area (Å²) in [5.41, 5.74) is 0. The van der Waals surface area contributed by atoms with Gasteiger partial charge in [-0.2, -0.15) is 0 Å². The Balaban J connectivity index is 0.000000125. The molecule has 0 unspecified atom stereocenters. The smallest absolute Gasteiger partial charge is 0.00990 e. The summed E-state index contributed by atoms with van der Waals surface area (Å²) in [5, 5.41) is 18.5. The van der Waals surface area contributed by atoms with E-state index in [4.69, 9.17) is 0 Å². The van der Waals surface area contributed by atoms with Gasteiger partial charge in [0, 0.05) is 0 Å². The number of hydrogen-bond donors (Lipinski definition) is 0. The van der Waals surface area contributed by atoms with E-state index in [0.717, 1.165) is 0 Å². The van der Waals surface area contributed by atoms with Crippen LogP contribution >= 0.6 is 0 Å². The van der Waals surface area contributed by atoms with E-state index < -0.39 is 0 Å². The van der Waals surface area contributed by atoms with E-state index in [-0.39, 0.29) is 0 Å². The van der Waals surface area contributed by atoms with E-state index in [2.05, 4.69) is 158 Å². The zero-order valence-corrected chi connectivity index (χ0v) is 22.0. The Morgan fingerprint density at radius 1 is 0.175 bits per heavy atom. The molecule has 0 aliphatic carbocycles. The van der Waals surface area contributed by atoms with Crippen LogP contribution in [0.25, 0.3) is 75.4 Å². The standard InChI is InChI=1S/C22H14.C18H12/c1-2-6-16-10-20-14-22-12-18-8-4-3-7-17(18)11-21(22)13-19(20)9-15(16)5-1;1-2-8-14-13(7-1)15-9-3-4-11-17(15)18-12-6-5-10-16(14)18/h1-14H;1-12H. The fourth-order valence-corrected chi connectivity index (χ4v) is 6.24. The van der Waals surface area contributed by atoms with E-state index in [1.807, 2.05) is 0 Å². The van der Waals surface area contributed by atoms with Crippen LogP contribution in [0, 0.1) is 0 Å². The van der Waals surface area contributed by atoms with Gasteiger partial charge in [0.2, 0.25) is 0 Å². The molecule has 0 aromatic heterocycles. The van der Waals surface area contributed by atoms with E-state index >= 15 is 0 Å². The van der Waals surface area contributed by atoms with Crippen LogP contribution in [0.2, 0.25) is 0 Å². The summed E-state index contributed by atoms with van der Waals surface area (Å²) in [6, 6.07) is 56.9. The van der Waals surface area contributed by atoms with Crippen LogP contribution in [-0.2, 0) is 0 Å². The van der Waals surface area contributed by atoms with Gasteiger partial charge in [0.15, 0.2) is 0 Å². The third-order valence-electron chi connectivity index (χ3n) is 8.18. The predicted octanol–water partition coefficient (Wildman–Crippen LogP) is 11.4. The highest BCUT2D eigenvalue weighted by Gasteiger charge is 2.06. The van der Waals surface area contributed by atoms with E-state index in [1.165, 1.54) is 75.4 Å². The topological polar surface area (TPSA) is 0 Å². The summed E-state index contributed by atoms with van der Waals surface area (Å²) in [6.07, 6.45) is 0. The molecule has 0 bridgehead atoms. The van der Waals surface area contributed by atoms with Gasteiger partial charge in [-0.15, -0.1) is 0 Å². The van der Waals surface area contributed by atoms with E-state index in [9.17, 15) is 0 Å². The molecule has 0 fully saturated rings. The first-order valence-electron chi connectivity index (χ1n) is 13.9. The van der Waals surface area contributed by atoms with Gasteiger partial charge < -0.3 is 0 Å². The second kappa shape index (κ2) is 9.22. The van der Waals surface area contributed by atoms with Crippen LogP contribution in [0.3, 0.4) is 0 Å². The normalized spacial score (nSPS) is 11.5. The minimum Gasteiger partial charge on any atom is -0.0616 e. The monoisotopic (exact) mass is 506 g/mol. The fourth-order valence-electron chi connectivity index (χ4n) is 6.24. The van der Waals surface area contributed by atoms with Crippen molar-refractivity contribution in [3.63, 3.8) is 0 Å². The molecule has 0 aliphatic rings. The molecule has 0 atom stereocenters. The van der Waals surface area contributed by atoms with Crippen molar-refractivity contribution in [2.75, 3.05) is 0 Å². The largest absolute Gasteiger partial charge is 0.0616 e. The minimum atomic E-state index is 1.30. The molecule has 40 heavy (non-hydrogen) atoms. The van der Waals surface area contributed by atoms with Gasteiger partial charge in [-0.05, 0) is 112 Å². The molecule has 0 amide bonds. The Hall–Kier alpha value is -5.20. The van der Waals surface area contributed by atoms with Crippen LogP contribution in [0.4, 0.5) is 0 Å². The second-order valence-corrected chi connectivity index (χ2v) is 10.6. The van der Waals surface area contributed by atoms with Gasteiger partial charge >= 0.3 is 0 Å². The maximum absolute atomic E-state index is 2.31. The Morgan fingerprint density at radius 3 is 0.575 bits per heavy atom. The van der Waals surface area contributed by atoms with Crippen molar-refractivity contribution in [1.29, 1.82) is 0 Å². The molecule has 0 heteroatoms. The van der Waals surface area contributed by atoms with Gasteiger partial charge in [-0.25, -0.2) is 0 Å². The molecular weight excluding hydrogens is 480 g/mol.